The second-order valence-corrected chi connectivity index (χ2v) is 3.81. The lowest BCUT2D eigenvalue weighted by Gasteiger charge is -2.12. The Kier molecular flexibility index (Phi) is 3.14. The van der Waals surface area contributed by atoms with Gasteiger partial charge >= 0.3 is 0 Å². The molecule has 0 radical (unpaired) electrons. The van der Waals surface area contributed by atoms with Gasteiger partial charge in [0.05, 0.1) is 12.8 Å². The first kappa shape index (κ1) is 11.9. The topological polar surface area (TPSA) is 96.5 Å². The van der Waals surface area contributed by atoms with Crippen molar-refractivity contribution in [1.29, 1.82) is 0 Å². The van der Waals surface area contributed by atoms with Gasteiger partial charge in [0.15, 0.2) is 17.2 Å². The highest BCUT2D eigenvalue weighted by molar-refractivity contribution is 5.62. The van der Waals surface area contributed by atoms with Crippen molar-refractivity contribution in [3.63, 3.8) is 0 Å². The average molecular weight is 245 g/mol. The standard InChI is InChI=1S/C13H15N3O2/c1-17-13-7-9(15)3-5-12(13)18-11-4-2-8(14)6-10(11)16/h2-7H,14-16H2,1H3. The van der Waals surface area contributed by atoms with Gasteiger partial charge in [0.25, 0.3) is 0 Å². The molecule has 0 amide bonds. The van der Waals surface area contributed by atoms with Crippen molar-refractivity contribution in [2.75, 3.05) is 24.3 Å². The zero-order valence-corrected chi connectivity index (χ0v) is 10.0. The Morgan fingerprint density at radius 1 is 0.778 bits per heavy atom. The van der Waals surface area contributed by atoms with Gasteiger partial charge in [0.2, 0.25) is 0 Å². The molecule has 0 aliphatic carbocycles. The zero-order valence-electron chi connectivity index (χ0n) is 10.0. The third-order valence-electron chi connectivity index (χ3n) is 2.44. The molecular weight excluding hydrogens is 230 g/mol. The number of nitrogen functional groups attached to an aromatic ring is 3. The van der Waals surface area contributed by atoms with Crippen LogP contribution in [0.5, 0.6) is 17.2 Å². The fourth-order valence-electron chi connectivity index (χ4n) is 1.55. The minimum absolute atomic E-state index is 0.467. The van der Waals surface area contributed by atoms with E-state index in [2.05, 4.69) is 0 Å². The maximum absolute atomic E-state index is 5.82. The smallest absolute Gasteiger partial charge is 0.169 e. The fraction of sp³-hybridized carbons (Fsp3) is 0.0769. The van der Waals surface area contributed by atoms with E-state index < -0.39 is 0 Å². The maximum Gasteiger partial charge on any atom is 0.169 e. The summed E-state index contributed by atoms with van der Waals surface area (Å²) >= 11 is 0. The predicted octanol–water partition coefficient (Wildman–Crippen LogP) is 2.23. The van der Waals surface area contributed by atoms with Gasteiger partial charge in [-0.15, -0.1) is 0 Å². The largest absolute Gasteiger partial charge is 0.493 e. The molecule has 94 valence electrons. The normalized spacial score (nSPS) is 10.1. The van der Waals surface area contributed by atoms with Crippen molar-refractivity contribution in [1.82, 2.24) is 0 Å². The lowest BCUT2D eigenvalue weighted by Crippen LogP contribution is -1.96. The number of anilines is 3. The number of nitrogens with two attached hydrogens (primary N) is 3. The monoisotopic (exact) mass is 245 g/mol. The summed E-state index contributed by atoms with van der Waals surface area (Å²) in [6.45, 7) is 0. The zero-order chi connectivity index (χ0) is 13.1. The first-order valence-electron chi connectivity index (χ1n) is 5.36. The van der Waals surface area contributed by atoms with Crippen molar-refractivity contribution in [2.24, 2.45) is 0 Å². The Morgan fingerprint density at radius 2 is 1.39 bits per heavy atom. The summed E-state index contributed by atoms with van der Waals surface area (Å²) in [5.74, 6) is 1.61. The van der Waals surface area contributed by atoms with Crippen molar-refractivity contribution in [3.8, 4) is 17.2 Å². The third-order valence-corrected chi connectivity index (χ3v) is 2.44. The Balaban J connectivity index is 2.33. The van der Waals surface area contributed by atoms with Crippen LogP contribution in [0.2, 0.25) is 0 Å². The Morgan fingerprint density at radius 3 is 2.00 bits per heavy atom. The molecule has 18 heavy (non-hydrogen) atoms. The van der Waals surface area contributed by atoms with Crippen LogP contribution < -0.4 is 26.7 Å². The molecule has 0 saturated carbocycles. The number of methoxy groups -OCH3 is 1. The molecule has 0 unspecified atom stereocenters. The highest BCUT2D eigenvalue weighted by atomic mass is 16.5. The molecule has 0 bridgehead atoms. The number of hydrogen-bond donors (Lipinski definition) is 3. The molecule has 2 rings (SSSR count). The first-order chi connectivity index (χ1) is 8.60. The van der Waals surface area contributed by atoms with Crippen molar-refractivity contribution in [3.05, 3.63) is 36.4 Å². The van der Waals surface area contributed by atoms with E-state index in [1.807, 2.05) is 0 Å². The molecule has 0 atom stereocenters. The Labute approximate surface area is 105 Å². The van der Waals surface area contributed by atoms with E-state index in [1.165, 1.54) is 0 Å². The van der Waals surface area contributed by atoms with E-state index in [1.54, 1.807) is 43.5 Å². The second-order valence-electron chi connectivity index (χ2n) is 3.81. The number of benzene rings is 2. The van der Waals surface area contributed by atoms with Gasteiger partial charge in [-0.25, -0.2) is 0 Å². The van der Waals surface area contributed by atoms with Crippen LogP contribution in [0.1, 0.15) is 0 Å². The maximum atomic E-state index is 5.82. The summed E-state index contributed by atoms with van der Waals surface area (Å²) in [7, 11) is 1.55. The van der Waals surface area contributed by atoms with E-state index in [4.69, 9.17) is 26.7 Å². The van der Waals surface area contributed by atoms with E-state index in [-0.39, 0.29) is 0 Å². The fourth-order valence-corrected chi connectivity index (χ4v) is 1.55. The van der Waals surface area contributed by atoms with Gasteiger partial charge in [0, 0.05) is 17.4 Å². The average Bonchev–Trinajstić information content (AvgIpc) is 2.34. The number of ether oxygens (including phenoxy) is 2. The van der Waals surface area contributed by atoms with Crippen LogP contribution in [-0.4, -0.2) is 7.11 Å². The molecule has 2 aromatic rings. The lowest BCUT2D eigenvalue weighted by atomic mass is 10.2. The van der Waals surface area contributed by atoms with Gasteiger partial charge in [-0.1, -0.05) is 0 Å². The minimum atomic E-state index is 0.467. The molecule has 5 nitrogen and oxygen atoms in total. The number of hydrogen-bond acceptors (Lipinski definition) is 5. The highest BCUT2D eigenvalue weighted by Crippen LogP contribution is 2.35. The highest BCUT2D eigenvalue weighted by Gasteiger charge is 2.08. The summed E-state index contributed by atoms with van der Waals surface area (Å²) in [4.78, 5) is 0. The van der Waals surface area contributed by atoms with Gasteiger partial charge in [-0.3, -0.25) is 0 Å². The van der Waals surface area contributed by atoms with E-state index in [0.717, 1.165) is 0 Å². The Hall–Kier alpha value is -2.56. The summed E-state index contributed by atoms with van der Waals surface area (Å²) in [5, 5.41) is 0. The minimum Gasteiger partial charge on any atom is -0.493 e. The van der Waals surface area contributed by atoms with E-state index >= 15 is 0 Å². The lowest BCUT2D eigenvalue weighted by molar-refractivity contribution is 0.379. The molecule has 0 fully saturated rings. The molecular formula is C13H15N3O2. The molecule has 6 N–H and O–H groups in total. The Bertz CT molecular complexity index is 570. The molecule has 0 heterocycles. The van der Waals surface area contributed by atoms with Crippen LogP contribution in [0.3, 0.4) is 0 Å². The summed E-state index contributed by atoms with van der Waals surface area (Å²) in [6.07, 6.45) is 0. The quantitative estimate of drug-likeness (QED) is 0.720. The van der Waals surface area contributed by atoms with Crippen molar-refractivity contribution < 1.29 is 9.47 Å². The molecule has 2 aromatic carbocycles. The van der Waals surface area contributed by atoms with Gasteiger partial charge in [-0.05, 0) is 30.3 Å². The van der Waals surface area contributed by atoms with Crippen LogP contribution in [0.15, 0.2) is 36.4 Å². The molecule has 5 heteroatoms. The van der Waals surface area contributed by atoms with Crippen LogP contribution in [0, 0.1) is 0 Å². The summed E-state index contributed by atoms with van der Waals surface area (Å²) in [5.41, 5.74) is 18.8. The van der Waals surface area contributed by atoms with Crippen LogP contribution in [0.25, 0.3) is 0 Å². The van der Waals surface area contributed by atoms with Gasteiger partial charge in [-0.2, -0.15) is 0 Å². The first-order valence-corrected chi connectivity index (χ1v) is 5.36. The van der Waals surface area contributed by atoms with E-state index in [0.29, 0.717) is 34.3 Å². The second kappa shape index (κ2) is 4.75. The molecule has 0 spiro atoms. The summed E-state index contributed by atoms with van der Waals surface area (Å²) in [6, 6.07) is 10.2. The van der Waals surface area contributed by atoms with Crippen LogP contribution in [0.4, 0.5) is 17.1 Å². The molecule has 0 saturated heterocycles. The SMILES string of the molecule is COc1cc(N)ccc1Oc1ccc(N)cc1N. The molecule has 0 aliphatic heterocycles. The molecule has 0 aromatic heterocycles. The van der Waals surface area contributed by atoms with Crippen molar-refractivity contribution in [2.45, 2.75) is 0 Å². The van der Waals surface area contributed by atoms with Crippen LogP contribution in [-0.2, 0) is 0 Å². The number of rotatable bonds is 3. The molecule has 0 aliphatic rings. The van der Waals surface area contributed by atoms with Gasteiger partial charge in [0.1, 0.15) is 0 Å². The van der Waals surface area contributed by atoms with Gasteiger partial charge < -0.3 is 26.7 Å². The summed E-state index contributed by atoms with van der Waals surface area (Å²) < 4.78 is 10.9. The van der Waals surface area contributed by atoms with Crippen molar-refractivity contribution >= 4 is 17.1 Å². The third kappa shape index (κ3) is 2.40. The predicted molar refractivity (Wildman–Crippen MR) is 72.7 cm³/mol. The van der Waals surface area contributed by atoms with Crippen LogP contribution >= 0.6 is 0 Å². The van der Waals surface area contributed by atoms with E-state index in [9.17, 15) is 0 Å².